The molecule has 1 N–H and O–H groups in total. The summed E-state index contributed by atoms with van der Waals surface area (Å²) in [4.78, 5) is 6.70. The second-order valence-corrected chi connectivity index (χ2v) is 11.9. The van der Waals surface area contributed by atoms with Crippen LogP contribution in [0, 0.1) is 11.8 Å². The lowest BCUT2D eigenvalue weighted by atomic mass is 9.79. The minimum Gasteiger partial charge on any atom is -0.493 e. The molecule has 1 saturated heterocycles. The number of aromatic nitrogens is 2. The molecule has 34 heavy (non-hydrogen) atoms. The third-order valence-electron chi connectivity index (χ3n) is 7.10. The minimum atomic E-state index is -3.77. The summed E-state index contributed by atoms with van der Waals surface area (Å²) in [6, 6.07) is 16.5. The SMILES string of the molecule is CC(C)C1CCN([C@@H]2CCOc3cc(S(=O)(=O)Nc4ncns4)ccc32)[C@@H](c2ccccc2)C1. The fraction of sp³-hybridized carbons (Fsp3) is 0.440. The van der Waals surface area contributed by atoms with Gasteiger partial charge >= 0.3 is 0 Å². The zero-order valence-corrected chi connectivity index (χ0v) is 21.1. The van der Waals surface area contributed by atoms with E-state index in [9.17, 15) is 8.42 Å². The number of likely N-dealkylation sites (tertiary alicyclic amines) is 1. The van der Waals surface area contributed by atoms with Crippen LogP contribution in [-0.4, -0.2) is 35.8 Å². The lowest BCUT2D eigenvalue weighted by Crippen LogP contribution is -2.42. The highest BCUT2D eigenvalue weighted by Crippen LogP contribution is 2.46. The van der Waals surface area contributed by atoms with E-state index in [1.54, 1.807) is 12.1 Å². The van der Waals surface area contributed by atoms with E-state index in [-0.39, 0.29) is 16.1 Å². The summed E-state index contributed by atoms with van der Waals surface area (Å²) < 4.78 is 38.1. The average Bonchev–Trinajstić information content (AvgIpc) is 3.36. The van der Waals surface area contributed by atoms with Gasteiger partial charge in [0.15, 0.2) is 0 Å². The predicted molar refractivity (Wildman–Crippen MR) is 133 cm³/mol. The van der Waals surface area contributed by atoms with Gasteiger partial charge in [0, 0.05) is 41.7 Å². The van der Waals surface area contributed by atoms with Crippen LogP contribution in [0.5, 0.6) is 5.75 Å². The van der Waals surface area contributed by atoms with Crippen molar-refractivity contribution in [3.8, 4) is 5.75 Å². The molecule has 5 rings (SSSR count). The molecule has 7 nitrogen and oxygen atoms in total. The monoisotopic (exact) mass is 498 g/mol. The van der Waals surface area contributed by atoms with Crippen LogP contribution in [0.2, 0.25) is 0 Å². The van der Waals surface area contributed by atoms with Gasteiger partial charge in [-0.15, -0.1) is 0 Å². The maximum atomic E-state index is 12.9. The van der Waals surface area contributed by atoms with E-state index in [0.717, 1.165) is 36.5 Å². The van der Waals surface area contributed by atoms with Crippen molar-refractivity contribution in [1.82, 2.24) is 14.3 Å². The standard InChI is InChI=1S/C25H30N4O3S2/c1-17(2)19-10-12-29(23(14-19)18-6-4-3-5-7-18)22-11-13-32-24-15-20(8-9-21(22)24)34(30,31)28-25-26-16-27-33-25/h3-9,15-17,19,22-23H,10-14H2,1-2H3,(H,26,27,28)/t19?,22-,23-/m1/s1. The van der Waals surface area contributed by atoms with Gasteiger partial charge in [0.1, 0.15) is 12.1 Å². The number of nitrogens with zero attached hydrogens (tertiary/aromatic N) is 3. The Morgan fingerprint density at radius 1 is 1.12 bits per heavy atom. The van der Waals surface area contributed by atoms with Gasteiger partial charge < -0.3 is 4.74 Å². The number of hydrogen-bond acceptors (Lipinski definition) is 7. The smallest absolute Gasteiger partial charge is 0.263 e. The number of fused-ring (bicyclic) bond motifs is 1. The largest absolute Gasteiger partial charge is 0.493 e. The van der Waals surface area contributed by atoms with E-state index in [2.05, 4.69) is 63.2 Å². The average molecular weight is 499 g/mol. The summed E-state index contributed by atoms with van der Waals surface area (Å²) in [5, 5.41) is 0.246. The molecule has 3 aromatic rings. The number of hydrogen-bond donors (Lipinski definition) is 1. The molecule has 3 heterocycles. The molecule has 0 aliphatic carbocycles. The van der Waals surface area contributed by atoms with Crippen LogP contribution in [0.25, 0.3) is 0 Å². The first kappa shape index (κ1) is 23.3. The van der Waals surface area contributed by atoms with Gasteiger partial charge in [-0.3, -0.25) is 9.62 Å². The molecule has 2 aromatic carbocycles. The second kappa shape index (κ2) is 9.64. The first-order valence-electron chi connectivity index (χ1n) is 11.8. The van der Waals surface area contributed by atoms with Gasteiger partial charge in [0.2, 0.25) is 5.13 Å². The van der Waals surface area contributed by atoms with Crippen LogP contribution in [0.4, 0.5) is 5.13 Å². The summed E-state index contributed by atoms with van der Waals surface area (Å²) in [5.74, 6) is 2.00. The maximum Gasteiger partial charge on any atom is 0.263 e. The van der Waals surface area contributed by atoms with Crippen molar-refractivity contribution in [1.29, 1.82) is 0 Å². The Morgan fingerprint density at radius 3 is 2.68 bits per heavy atom. The van der Waals surface area contributed by atoms with Gasteiger partial charge in [0.05, 0.1) is 11.5 Å². The fourth-order valence-corrected chi connectivity index (χ4v) is 6.92. The van der Waals surface area contributed by atoms with Crippen LogP contribution in [-0.2, 0) is 10.0 Å². The molecule has 3 atom stereocenters. The van der Waals surface area contributed by atoms with E-state index in [0.29, 0.717) is 30.2 Å². The van der Waals surface area contributed by atoms with Crippen molar-refractivity contribution in [3.63, 3.8) is 0 Å². The number of rotatable bonds is 6. The van der Waals surface area contributed by atoms with E-state index in [1.807, 2.05) is 6.07 Å². The number of ether oxygens (including phenoxy) is 1. The summed E-state index contributed by atoms with van der Waals surface area (Å²) in [6.07, 6.45) is 4.52. The first-order valence-corrected chi connectivity index (χ1v) is 14.0. The topological polar surface area (TPSA) is 84.4 Å². The van der Waals surface area contributed by atoms with Crippen LogP contribution in [0.15, 0.2) is 59.8 Å². The molecular weight excluding hydrogens is 468 g/mol. The third kappa shape index (κ3) is 4.69. The van der Waals surface area contributed by atoms with E-state index < -0.39 is 10.0 Å². The Balaban J connectivity index is 1.45. The highest BCUT2D eigenvalue weighted by atomic mass is 32.2. The molecule has 2 aliphatic rings. The zero-order chi connectivity index (χ0) is 23.7. The molecule has 0 amide bonds. The summed E-state index contributed by atoms with van der Waals surface area (Å²) in [6.45, 7) is 6.23. The zero-order valence-electron chi connectivity index (χ0n) is 19.4. The molecule has 9 heteroatoms. The van der Waals surface area contributed by atoms with Gasteiger partial charge in [-0.1, -0.05) is 50.2 Å². The molecule has 1 fully saturated rings. The van der Waals surface area contributed by atoms with Crippen molar-refractivity contribution in [2.75, 3.05) is 17.9 Å². The van der Waals surface area contributed by atoms with Crippen molar-refractivity contribution in [2.24, 2.45) is 11.8 Å². The lowest BCUT2D eigenvalue weighted by molar-refractivity contribution is 0.0346. The number of anilines is 1. The fourth-order valence-electron chi connectivity index (χ4n) is 5.25. The van der Waals surface area contributed by atoms with Crippen molar-refractivity contribution in [2.45, 2.75) is 50.1 Å². The second-order valence-electron chi connectivity index (χ2n) is 9.40. The highest BCUT2D eigenvalue weighted by Gasteiger charge is 2.38. The number of nitrogens with one attached hydrogen (secondary N) is 1. The van der Waals surface area contributed by atoms with E-state index in [1.165, 1.54) is 18.3 Å². The molecule has 1 aromatic heterocycles. The Morgan fingerprint density at radius 2 is 1.94 bits per heavy atom. The Bertz CT molecular complexity index is 1220. The van der Waals surface area contributed by atoms with E-state index >= 15 is 0 Å². The highest BCUT2D eigenvalue weighted by molar-refractivity contribution is 7.93. The van der Waals surface area contributed by atoms with Crippen LogP contribution in [0.3, 0.4) is 0 Å². The number of sulfonamides is 1. The maximum absolute atomic E-state index is 12.9. The van der Waals surface area contributed by atoms with Crippen molar-refractivity contribution >= 4 is 26.7 Å². The first-order chi connectivity index (χ1) is 16.4. The summed E-state index contributed by atoms with van der Waals surface area (Å²) in [5.41, 5.74) is 2.41. The molecule has 2 aliphatic heterocycles. The van der Waals surface area contributed by atoms with Crippen LogP contribution >= 0.6 is 11.5 Å². The molecular formula is C25H30N4O3S2. The molecule has 0 saturated carbocycles. The predicted octanol–water partition coefficient (Wildman–Crippen LogP) is 5.27. The minimum absolute atomic E-state index is 0.167. The van der Waals surface area contributed by atoms with Gasteiger partial charge in [-0.2, -0.15) is 4.37 Å². The van der Waals surface area contributed by atoms with Crippen molar-refractivity contribution < 1.29 is 13.2 Å². The number of benzene rings is 2. The molecule has 180 valence electrons. The molecule has 0 bridgehead atoms. The summed E-state index contributed by atoms with van der Waals surface area (Å²) >= 11 is 1.00. The lowest BCUT2D eigenvalue weighted by Gasteiger charge is -2.46. The van der Waals surface area contributed by atoms with Crippen molar-refractivity contribution in [3.05, 3.63) is 66.0 Å². The third-order valence-corrected chi connectivity index (χ3v) is 9.14. The Labute approximate surface area is 205 Å². The van der Waals surface area contributed by atoms with Crippen LogP contribution in [0.1, 0.15) is 56.3 Å². The molecule has 0 spiro atoms. The van der Waals surface area contributed by atoms with Gasteiger partial charge in [-0.05, 0) is 42.9 Å². The van der Waals surface area contributed by atoms with E-state index in [4.69, 9.17) is 4.74 Å². The molecule has 0 radical (unpaired) electrons. The molecule has 1 unspecified atom stereocenters. The van der Waals surface area contributed by atoms with Crippen LogP contribution < -0.4 is 9.46 Å². The number of piperidine rings is 1. The van der Waals surface area contributed by atoms with Gasteiger partial charge in [0.25, 0.3) is 10.0 Å². The normalized spacial score (nSPS) is 23.3. The Kier molecular flexibility index (Phi) is 6.59. The Hall–Kier alpha value is -2.49. The summed E-state index contributed by atoms with van der Waals surface area (Å²) in [7, 11) is -3.77. The van der Waals surface area contributed by atoms with Gasteiger partial charge in [-0.25, -0.2) is 13.4 Å². The quantitative estimate of drug-likeness (QED) is 0.498.